The largest absolute Gasteiger partial charge is 0.454 e. The molecular weight excluding hydrogens is 330 g/mol. The molecule has 0 amide bonds. The summed E-state index contributed by atoms with van der Waals surface area (Å²) in [4.78, 5) is 5.52. The Morgan fingerprint density at radius 1 is 1.24 bits per heavy atom. The predicted molar refractivity (Wildman–Crippen MR) is 104 cm³/mol. The van der Waals surface area contributed by atoms with E-state index in [1.165, 1.54) is 32.1 Å². The molecule has 0 N–H and O–H groups in total. The van der Waals surface area contributed by atoms with E-state index in [9.17, 15) is 0 Å². The minimum atomic E-state index is 0.583. The van der Waals surface area contributed by atoms with E-state index >= 15 is 0 Å². The minimum Gasteiger partial charge on any atom is -0.454 e. The maximum absolute atomic E-state index is 6.05. The molecule has 0 atom stereocenters. The lowest BCUT2D eigenvalue weighted by Crippen LogP contribution is -2.14. The first-order valence-electron chi connectivity index (χ1n) is 9.09. The van der Waals surface area contributed by atoms with Crippen LogP contribution in [0.15, 0.2) is 50.2 Å². The van der Waals surface area contributed by atoms with Crippen LogP contribution in [0, 0.1) is 5.92 Å². The van der Waals surface area contributed by atoms with Gasteiger partial charge in [-0.1, -0.05) is 37.5 Å². The molecular formula is C20H23N3OS. The van der Waals surface area contributed by atoms with E-state index in [2.05, 4.69) is 35.6 Å². The van der Waals surface area contributed by atoms with Gasteiger partial charge in [0.1, 0.15) is 11.3 Å². The highest BCUT2D eigenvalue weighted by atomic mass is 32.1. The topological polar surface area (TPSA) is 42.8 Å². The number of furan rings is 1. The number of aromatic nitrogens is 1. The van der Waals surface area contributed by atoms with Crippen LogP contribution in [0.2, 0.25) is 0 Å². The number of thiazole rings is 1. The van der Waals surface area contributed by atoms with Crippen LogP contribution >= 0.6 is 11.3 Å². The molecule has 1 saturated carbocycles. The van der Waals surface area contributed by atoms with E-state index in [1.54, 1.807) is 11.3 Å². The molecule has 1 aliphatic rings. The van der Waals surface area contributed by atoms with E-state index in [4.69, 9.17) is 9.52 Å². The van der Waals surface area contributed by atoms with E-state index in [0.717, 1.165) is 33.8 Å². The van der Waals surface area contributed by atoms with Crippen LogP contribution in [0.5, 0.6) is 0 Å². The van der Waals surface area contributed by atoms with Crippen LogP contribution in [-0.2, 0) is 0 Å². The Kier molecular flexibility index (Phi) is 4.83. The lowest BCUT2D eigenvalue weighted by atomic mass is 9.90. The number of nitrogens with zero attached hydrogens (tertiary/aromatic N) is 3. The van der Waals surface area contributed by atoms with Crippen LogP contribution in [0.4, 0.5) is 0 Å². The molecule has 0 saturated heterocycles. The van der Waals surface area contributed by atoms with Crippen LogP contribution in [0.25, 0.3) is 22.4 Å². The normalized spacial score (nSPS) is 17.1. The highest BCUT2D eigenvalue weighted by molar-refractivity contribution is 7.07. The van der Waals surface area contributed by atoms with Gasteiger partial charge in [0.15, 0.2) is 5.76 Å². The third-order valence-corrected chi connectivity index (χ3v) is 5.55. The maximum atomic E-state index is 6.05. The van der Waals surface area contributed by atoms with Gasteiger partial charge < -0.3 is 4.42 Å². The summed E-state index contributed by atoms with van der Waals surface area (Å²) in [5.41, 5.74) is 1.88. The molecule has 1 fully saturated rings. The van der Waals surface area contributed by atoms with Crippen molar-refractivity contribution in [2.75, 3.05) is 6.54 Å². The van der Waals surface area contributed by atoms with Gasteiger partial charge in [-0.15, -0.1) is 11.3 Å². The average molecular weight is 353 g/mol. The highest BCUT2D eigenvalue weighted by Crippen LogP contribution is 2.28. The molecule has 2 heterocycles. The van der Waals surface area contributed by atoms with Gasteiger partial charge in [-0.3, -0.25) is 4.99 Å². The van der Waals surface area contributed by atoms with Gasteiger partial charge >= 0.3 is 0 Å². The molecule has 2 aromatic heterocycles. The van der Waals surface area contributed by atoms with Crippen molar-refractivity contribution in [1.29, 1.82) is 0 Å². The number of fused-ring (bicyclic) bond motifs is 1. The zero-order valence-electron chi connectivity index (χ0n) is 14.5. The lowest BCUT2D eigenvalue weighted by molar-refractivity contribution is 0.443. The van der Waals surface area contributed by atoms with Gasteiger partial charge in [0, 0.05) is 23.5 Å². The van der Waals surface area contributed by atoms with Crippen molar-refractivity contribution in [2.45, 2.75) is 39.0 Å². The molecule has 0 spiro atoms. The maximum Gasteiger partial charge on any atom is 0.206 e. The first kappa shape index (κ1) is 16.3. The summed E-state index contributed by atoms with van der Waals surface area (Å²) in [5, 5.41) is 8.00. The highest BCUT2D eigenvalue weighted by Gasteiger charge is 2.14. The molecule has 1 aromatic carbocycles. The Morgan fingerprint density at radius 2 is 2.08 bits per heavy atom. The molecule has 5 heteroatoms. The Labute approximate surface area is 151 Å². The summed E-state index contributed by atoms with van der Waals surface area (Å²) in [7, 11) is 0. The van der Waals surface area contributed by atoms with Crippen molar-refractivity contribution in [2.24, 2.45) is 16.0 Å². The molecule has 0 bridgehead atoms. The van der Waals surface area contributed by atoms with E-state index in [-0.39, 0.29) is 0 Å². The van der Waals surface area contributed by atoms with Crippen LogP contribution < -0.4 is 4.80 Å². The van der Waals surface area contributed by atoms with Gasteiger partial charge in [-0.05, 0) is 37.8 Å². The summed E-state index contributed by atoms with van der Waals surface area (Å²) >= 11 is 1.61. The predicted octanol–water partition coefficient (Wildman–Crippen LogP) is 5.30. The fourth-order valence-corrected chi connectivity index (χ4v) is 4.26. The summed E-state index contributed by atoms with van der Waals surface area (Å²) in [6.07, 6.45) is 8.59. The fourth-order valence-electron chi connectivity index (χ4n) is 3.38. The third-order valence-electron chi connectivity index (χ3n) is 4.70. The molecule has 130 valence electrons. The van der Waals surface area contributed by atoms with E-state index in [0.29, 0.717) is 5.92 Å². The van der Waals surface area contributed by atoms with Crippen molar-refractivity contribution >= 4 is 28.5 Å². The molecule has 0 unspecified atom stereocenters. The quantitative estimate of drug-likeness (QED) is 0.587. The molecule has 3 aromatic rings. The Balaban J connectivity index is 1.74. The van der Waals surface area contributed by atoms with Crippen LogP contribution in [0.1, 0.15) is 39.0 Å². The first-order chi connectivity index (χ1) is 12.3. The molecule has 25 heavy (non-hydrogen) atoms. The van der Waals surface area contributed by atoms with Crippen molar-refractivity contribution in [3.63, 3.8) is 0 Å². The second kappa shape index (κ2) is 7.40. The Morgan fingerprint density at radius 3 is 2.88 bits per heavy atom. The lowest BCUT2D eigenvalue weighted by Gasteiger charge is -2.16. The number of hydrogen-bond donors (Lipinski definition) is 0. The average Bonchev–Trinajstić information content (AvgIpc) is 3.25. The number of para-hydroxylation sites is 1. The third kappa shape index (κ3) is 3.47. The molecule has 0 aliphatic heterocycles. The summed E-state index contributed by atoms with van der Waals surface area (Å²) in [5.74, 6) is 1.43. The van der Waals surface area contributed by atoms with Gasteiger partial charge in [0.25, 0.3) is 0 Å². The van der Waals surface area contributed by atoms with E-state index in [1.807, 2.05) is 22.9 Å². The van der Waals surface area contributed by atoms with Gasteiger partial charge in [-0.25, -0.2) is 4.68 Å². The van der Waals surface area contributed by atoms with Gasteiger partial charge in [0.05, 0.1) is 0 Å². The first-order valence-corrected chi connectivity index (χ1v) is 9.97. The minimum absolute atomic E-state index is 0.583. The molecule has 4 nitrogen and oxygen atoms in total. The number of hydrogen-bond acceptors (Lipinski definition) is 4. The van der Waals surface area contributed by atoms with Crippen molar-refractivity contribution in [1.82, 2.24) is 4.68 Å². The SMILES string of the molecule is CCN=c1scc(-c2cc3ccccc3o2)n1N=CC1CCCCC1. The van der Waals surface area contributed by atoms with Crippen LogP contribution in [-0.4, -0.2) is 17.4 Å². The summed E-state index contributed by atoms with van der Waals surface area (Å²) < 4.78 is 7.99. The number of benzene rings is 1. The summed E-state index contributed by atoms with van der Waals surface area (Å²) in [6.45, 7) is 2.80. The second-order valence-corrected chi connectivity index (χ2v) is 7.34. The standard InChI is InChI=1S/C20H23N3OS/c1-2-21-20-23(22-13-15-8-4-3-5-9-15)17(14-25-20)19-12-16-10-6-7-11-18(16)24-19/h6-7,10-15H,2-5,8-9H2,1H3. The van der Waals surface area contributed by atoms with E-state index < -0.39 is 0 Å². The van der Waals surface area contributed by atoms with Crippen LogP contribution in [0.3, 0.4) is 0 Å². The van der Waals surface area contributed by atoms with Crippen molar-refractivity contribution in [3.05, 3.63) is 40.5 Å². The molecule has 1 aliphatic carbocycles. The molecule has 0 radical (unpaired) electrons. The zero-order valence-corrected chi connectivity index (χ0v) is 15.3. The zero-order chi connectivity index (χ0) is 17.1. The summed E-state index contributed by atoms with van der Waals surface area (Å²) in [6, 6.07) is 10.2. The Hall–Kier alpha value is -2.14. The second-order valence-electron chi connectivity index (χ2n) is 6.50. The van der Waals surface area contributed by atoms with Gasteiger partial charge in [-0.2, -0.15) is 5.10 Å². The van der Waals surface area contributed by atoms with Crippen molar-refractivity contribution < 1.29 is 4.42 Å². The van der Waals surface area contributed by atoms with Gasteiger partial charge in [0.2, 0.25) is 4.80 Å². The van der Waals surface area contributed by atoms with Crippen molar-refractivity contribution in [3.8, 4) is 11.5 Å². The Bertz CT molecular complexity index is 908. The monoisotopic (exact) mass is 353 g/mol. The number of rotatable bonds is 4. The fraction of sp³-hybridized carbons (Fsp3) is 0.400. The molecule has 4 rings (SSSR count). The smallest absolute Gasteiger partial charge is 0.206 e.